The summed E-state index contributed by atoms with van der Waals surface area (Å²) in [7, 11) is 1.95. The number of thiophene rings is 1. The van der Waals surface area contributed by atoms with Crippen LogP contribution in [0.1, 0.15) is 16.5 Å². The van der Waals surface area contributed by atoms with Gasteiger partial charge in [0.2, 0.25) is 0 Å². The summed E-state index contributed by atoms with van der Waals surface area (Å²) in [5, 5.41) is 15.2. The van der Waals surface area contributed by atoms with Crippen LogP contribution in [0.2, 0.25) is 0 Å². The van der Waals surface area contributed by atoms with Gasteiger partial charge in [0.05, 0.1) is 23.5 Å². The summed E-state index contributed by atoms with van der Waals surface area (Å²) in [6.45, 7) is 1.31. The van der Waals surface area contributed by atoms with Crippen LogP contribution in [0, 0.1) is 0 Å². The molecule has 2 aliphatic rings. The molecule has 0 radical (unpaired) electrons. The molecule has 6 rings (SSSR count). The molecule has 0 saturated carbocycles. The largest absolute Gasteiger partial charge is 0.507 e. The molecular weight excluding hydrogens is 460 g/mol. The summed E-state index contributed by atoms with van der Waals surface area (Å²) in [6, 6.07) is 21.8. The molecule has 1 fully saturated rings. The maximum absolute atomic E-state index is 13.5. The van der Waals surface area contributed by atoms with Gasteiger partial charge in [0.1, 0.15) is 24.2 Å². The molecule has 7 heteroatoms. The zero-order valence-electron chi connectivity index (χ0n) is 19.0. The third kappa shape index (κ3) is 3.39. The smallest absolute Gasteiger partial charge is 0.300 e. The number of hydrogen-bond donors (Lipinski definition) is 1. The van der Waals surface area contributed by atoms with E-state index in [0.717, 1.165) is 33.6 Å². The Morgan fingerprint density at radius 3 is 2.66 bits per heavy atom. The molecule has 174 valence electrons. The van der Waals surface area contributed by atoms with Crippen LogP contribution in [0.15, 0.2) is 83.7 Å². The Labute approximate surface area is 206 Å². The molecule has 6 nitrogen and oxygen atoms in total. The average molecular weight is 483 g/mol. The molecule has 1 atom stereocenters. The lowest BCUT2D eigenvalue weighted by Crippen LogP contribution is -2.29. The summed E-state index contributed by atoms with van der Waals surface area (Å²) in [6.07, 6.45) is 0. The number of anilines is 2. The highest BCUT2D eigenvalue weighted by Gasteiger charge is 2.47. The molecule has 1 N–H and O–H groups in total. The minimum Gasteiger partial charge on any atom is -0.507 e. The first-order chi connectivity index (χ1) is 17.0. The van der Waals surface area contributed by atoms with E-state index in [0.29, 0.717) is 17.9 Å². The van der Waals surface area contributed by atoms with E-state index >= 15 is 0 Å². The first kappa shape index (κ1) is 21.4. The minimum absolute atomic E-state index is 0.0877. The number of Topliss-reactive ketones (excluding diaryl/α,β-unsaturated/α-hetero) is 1. The highest BCUT2D eigenvalue weighted by molar-refractivity contribution is 7.10. The van der Waals surface area contributed by atoms with Crippen LogP contribution in [0.5, 0.6) is 5.75 Å². The molecule has 0 spiro atoms. The summed E-state index contributed by atoms with van der Waals surface area (Å²) in [5.41, 5.74) is 2.03. The molecule has 35 heavy (non-hydrogen) atoms. The molecule has 1 aromatic heterocycles. The van der Waals surface area contributed by atoms with E-state index in [9.17, 15) is 14.7 Å². The second-order valence-electron chi connectivity index (χ2n) is 8.64. The van der Waals surface area contributed by atoms with Crippen molar-refractivity contribution in [3.05, 3.63) is 94.2 Å². The number of hydrogen-bond acceptors (Lipinski definition) is 6. The van der Waals surface area contributed by atoms with Gasteiger partial charge >= 0.3 is 0 Å². The van der Waals surface area contributed by atoms with Crippen molar-refractivity contribution in [1.29, 1.82) is 0 Å². The van der Waals surface area contributed by atoms with E-state index in [1.54, 1.807) is 18.2 Å². The van der Waals surface area contributed by atoms with E-state index in [2.05, 4.69) is 0 Å². The highest BCUT2D eigenvalue weighted by Crippen LogP contribution is 2.46. The second-order valence-corrected chi connectivity index (χ2v) is 9.61. The van der Waals surface area contributed by atoms with Gasteiger partial charge in [-0.2, -0.15) is 0 Å². The Morgan fingerprint density at radius 1 is 1.00 bits per heavy atom. The van der Waals surface area contributed by atoms with Crippen molar-refractivity contribution in [2.75, 3.05) is 30.0 Å². The maximum Gasteiger partial charge on any atom is 0.300 e. The lowest BCUT2D eigenvalue weighted by atomic mass is 9.98. The Morgan fingerprint density at radius 2 is 1.83 bits per heavy atom. The first-order valence-electron chi connectivity index (χ1n) is 11.3. The monoisotopic (exact) mass is 482 g/mol. The van der Waals surface area contributed by atoms with Gasteiger partial charge in [-0.25, -0.2) is 0 Å². The van der Waals surface area contributed by atoms with Crippen LogP contribution in [0.3, 0.4) is 0 Å². The Hall–Kier alpha value is -4.10. The summed E-state index contributed by atoms with van der Waals surface area (Å²) in [5.74, 6) is -0.816. The normalized spacial score (nSPS) is 19.2. The first-order valence-corrected chi connectivity index (χ1v) is 12.2. The molecular formula is C28H22N2O4S. The predicted octanol–water partition coefficient (Wildman–Crippen LogP) is 5.36. The quantitative estimate of drug-likeness (QED) is 0.242. The maximum atomic E-state index is 13.5. The van der Waals surface area contributed by atoms with Gasteiger partial charge in [-0.15, -0.1) is 11.3 Å². The van der Waals surface area contributed by atoms with Crippen LogP contribution >= 0.6 is 11.3 Å². The Balaban J connectivity index is 1.56. The topological polar surface area (TPSA) is 70.1 Å². The van der Waals surface area contributed by atoms with Crippen molar-refractivity contribution in [2.24, 2.45) is 0 Å². The zero-order valence-corrected chi connectivity index (χ0v) is 19.8. The standard InChI is InChI=1S/C28H22N2O4S/c1-29-13-14-34-22-12-11-18(16-21(22)29)26(31)24-25(23-10-5-15-35-23)30(28(33)27(24)32)20-9-4-7-17-6-2-3-8-19(17)20/h2-12,15-16,25,31H,13-14H2,1H3/b26-24-. The molecule has 2 aliphatic heterocycles. The number of fused-ring (bicyclic) bond motifs is 2. The molecule has 3 heterocycles. The number of rotatable bonds is 3. The fraction of sp³-hybridized carbons (Fsp3) is 0.143. The van der Waals surface area contributed by atoms with Crippen LogP contribution in [-0.2, 0) is 9.59 Å². The number of ether oxygens (including phenoxy) is 1. The van der Waals surface area contributed by atoms with Crippen LogP contribution in [-0.4, -0.2) is 37.0 Å². The molecule has 1 saturated heterocycles. The molecule has 3 aromatic carbocycles. The lowest BCUT2D eigenvalue weighted by Gasteiger charge is -2.28. The number of likely N-dealkylation sites (N-methyl/N-ethyl adjacent to an activating group) is 1. The van der Waals surface area contributed by atoms with Crippen molar-refractivity contribution in [3.8, 4) is 5.75 Å². The van der Waals surface area contributed by atoms with Crippen LogP contribution in [0.4, 0.5) is 11.4 Å². The number of aliphatic hydroxyl groups excluding tert-OH is 1. The molecule has 0 aliphatic carbocycles. The fourth-order valence-electron chi connectivity index (χ4n) is 4.87. The number of carbonyl (C=O) groups is 2. The number of nitrogens with zero attached hydrogens (tertiary/aromatic N) is 2. The average Bonchev–Trinajstić information content (AvgIpc) is 3.50. The Kier molecular flexibility index (Phi) is 5.07. The van der Waals surface area contributed by atoms with Crippen molar-refractivity contribution in [3.63, 3.8) is 0 Å². The van der Waals surface area contributed by atoms with E-state index in [1.165, 1.54) is 16.2 Å². The molecule has 1 unspecified atom stereocenters. The summed E-state index contributed by atoms with van der Waals surface area (Å²) >= 11 is 1.45. The van der Waals surface area contributed by atoms with Crippen molar-refractivity contribution >= 4 is 50.9 Å². The molecule has 0 bridgehead atoms. The van der Waals surface area contributed by atoms with Gasteiger partial charge in [0.15, 0.2) is 0 Å². The third-order valence-corrected chi connectivity index (χ3v) is 7.54. The van der Waals surface area contributed by atoms with Gasteiger partial charge in [-0.1, -0.05) is 42.5 Å². The fourth-order valence-corrected chi connectivity index (χ4v) is 5.69. The zero-order chi connectivity index (χ0) is 24.1. The SMILES string of the molecule is CN1CCOc2ccc(/C(O)=C3/C(=O)C(=O)N(c4cccc5ccccc45)C3c3cccs3)cc21. The number of aliphatic hydroxyl groups is 1. The highest BCUT2D eigenvalue weighted by atomic mass is 32.1. The van der Waals surface area contributed by atoms with Gasteiger partial charge in [-0.05, 0) is 41.1 Å². The van der Waals surface area contributed by atoms with Crippen LogP contribution < -0.4 is 14.5 Å². The van der Waals surface area contributed by atoms with Crippen molar-refractivity contribution < 1.29 is 19.4 Å². The minimum atomic E-state index is -0.731. The van der Waals surface area contributed by atoms with E-state index < -0.39 is 17.7 Å². The number of ketones is 1. The summed E-state index contributed by atoms with van der Waals surface area (Å²) < 4.78 is 5.72. The van der Waals surface area contributed by atoms with Gasteiger partial charge < -0.3 is 14.7 Å². The molecule has 1 amide bonds. The number of carbonyl (C=O) groups excluding carboxylic acids is 2. The van der Waals surface area contributed by atoms with Gasteiger partial charge in [-0.3, -0.25) is 14.5 Å². The predicted molar refractivity (Wildman–Crippen MR) is 138 cm³/mol. The molecule has 4 aromatic rings. The number of benzene rings is 3. The Bertz CT molecular complexity index is 1500. The van der Waals surface area contributed by atoms with E-state index in [4.69, 9.17) is 4.74 Å². The number of amides is 1. The van der Waals surface area contributed by atoms with Crippen molar-refractivity contribution in [1.82, 2.24) is 0 Å². The second kappa shape index (κ2) is 8.29. The van der Waals surface area contributed by atoms with Gasteiger partial charge in [0.25, 0.3) is 11.7 Å². The van der Waals surface area contributed by atoms with E-state index in [1.807, 2.05) is 71.9 Å². The van der Waals surface area contributed by atoms with Crippen LogP contribution in [0.25, 0.3) is 16.5 Å². The third-order valence-electron chi connectivity index (χ3n) is 6.61. The van der Waals surface area contributed by atoms with E-state index in [-0.39, 0.29) is 11.3 Å². The lowest BCUT2D eigenvalue weighted by molar-refractivity contribution is -0.132. The van der Waals surface area contributed by atoms with Gasteiger partial charge in [0, 0.05) is 22.9 Å². The summed E-state index contributed by atoms with van der Waals surface area (Å²) in [4.78, 5) is 31.3. The van der Waals surface area contributed by atoms with Crippen molar-refractivity contribution in [2.45, 2.75) is 6.04 Å².